The highest BCUT2D eigenvalue weighted by molar-refractivity contribution is 9.10. The summed E-state index contributed by atoms with van der Waals surface area (Å²) in [7, 11) is 0. The second-order valence-electron chi connectivity index (χ2n) is 4.12. The highest BCUT2D eigenvalue weighted by atomic mass is 79.9. The van der Waals surface area contributed by atoms with E-state index in [0.717, 1.165) is 6.07 Å². The van der Waals surface area contributed by atoms with Crippen LogP contribution in [0.2, 0.25) is 5.02 Å². The number of benzene rings is 2. The Morgan fingerprint density at radius 3 is 2.65 bits per heavy atom. The summed E-state index contributed by atoms with van der Waals surface area (Å²) >= 11 is 14.4. The number of aromatic amines is 1. The second kappa shape index (κ2) is 4.95. The van der Waals surface area contributed by atoms with Crippen molar-refractivity contribution in [3.8, 4) is 5.69 Å². The van der Waals surface area contributed by atoms with Crippen LogP contribution < -0.4 is 0 Å². The molecule has 20 heavy (non-hydrogen) atoms. The number of nitrogens with zero attached hydrogens (tertiary/aromatic N) is 1. The molecule has 0 aliphatic carbocycles. The van der Waals surface area contributed by atoms with Gasteiger partial charge in [0.15, 0.2) is 16.4 Å². The molecule has 1 heterocycles. The summed E-state index contributed by atoms with van der Waals surface area (Å²) in [5, 5.41) is 0.520. The van der Waals surface area contributed by atoms with Crippen molar-refractivity contribution < 1.29 is 8.78 Å². The predicted molar refractivity (Wildman–Crippen MR) is 81.1 cm³/mol. The van der Waals surface area contributed by atoms with Crippen LogP contribution >= 0.6 is 39.7 Å². The molecule has 0 saturated heterocycles. The van der Waals surface area contributed by atoms with E-state index in [4.69, 9.17) is 23.8 Å². The lowest BCUT2D eigenvalue weighted by atomic mass is 10.2. The van der Waals surface area contributed by atoms with Crippen molar-refractivity contribution in [1.29, 1.82) is 0 Å². The predicted octanol–water partition coefficient (Wildman–Crippen LogP) is 5.38. The van der Waals surface area contributed by atoms with Crippen molar-refractivity contribution in [2.75, 3.05) is 0 Å². The molecule has 1 N–H and O–H groups in total. The van der Waals surface area contributed by atoms with Gasteiger partial charge in [0.2, 0.25) is 0 Å². The maximum atomic E-state index is 14.0. The summed E-state index contributed by atoms with van der Waals surface area (Å²) in [5.41, 5.74) is 1.09. The van der Waals surface area contributed by atoms with Crippen LogP contribution in [0.15, 0.2) is 34.8 Å². The van der Waals surface area contributed by atoms with E-state index in [1.165, 1.54) is 10.6 Å². The van der Waals surface area contributed by atoms with Crippen molar-refractivity contribution in [2.45, 2.75) is 0 Å². The molecule has 0 spiro atoms. The SMILES string of the molecule is Fc1ccc2[nH]c(=S)n(-c3ccc(Cl)c(Br)c3)c2c1F. The second-order valence-corrected chi connectivity index (χ2v) is 5.77. The minimum Gasteiger partial charge on any atom is -0.330 e. The number of rotatable bonds is 1. The molecule has 0 atom stereocenters. The summed E-state index contributed by atoms with van der Waals surface area (Å²) in [6.07, 6.45) is 0. The molecule has 2 nitrogen and oxygen atoms in total. The van der Waals surface area contributed by atoms with E-state index in [-0.39, 0.29) is 10.3 Å². The summed E-state index contributed by atoms with van der Waals surface area (Å²) in [6.45, 7) is 0. The first-order chi connectivity index (χ1) is 9.49. The Kier molecular flexibility index (Phi) is 3.40. The van der Waals surface area contributed by atoms with E-state index in [1.54, 1.807) is 18.2 Å². The number of hydrogen-bond donors (Lipinski definition) is 1. The van der Waals surface area contributed by atoms with Crippen molar-refractivity contribution in [3.63, 3.8) is 0 Å². The van der Waals surface area contributed by atoms with Crippen molar-refractivity contribution in [2.24, 2.45) is 0 Å². The van der Waals surface area contributed by atoms with Gasteiger partial charge in [0.25, 0.3) is 0 Å². The fourth-order valence-electron chi connectivity index (χ4n) is 2.00. The lowest BCUT2D eigenvalue weighted by Crippen LogP contribution is -1.97. The number of imidazole rings is 1. The van der Waals surface area contributed by atoms with Gasteiger partial charge in [-0.1, -0.05) is 11.6 Å². The Morgan fingerprint density at radius 2 is 1.95 bits per heavy atom. The van der Waals surface area contributed by atoms with E-state index >= 15 is 0 Å². The summed E-state index contributed by atoms with van der Waals surface area (Å²) in [4.78, 5) is 2.85. The zero-order chi connectivity index (χ0) is 14.4. The van der Waals surface area contributed by atoms with Gasteiger partial charge in [-0.3, -0.25) is 4.57 Å². The molecule has 0 amide bonds. The van der Waals surface area contributed by atoms with Crippen LogP contribution in [0.5, 0.6) is 0 Å². The number of aromatic nitrogens is 2. The number of halogens is 4. The Labute approximate surface area is 131 Å². The van der Waals surface area contributed by atoms with Gasteiger partial charge in [-0.25, -0.2) is 8.78 Å². The lowest BCUT2D eigenvalue weighted by molar-refractivity contribution is 0.514. The third kappa shape index (κ3) is 2.08. The average molecular weight is 376 g/mol. The van der Waals surface area contributed by atoms with Gasteiger partial charge in [0.05, 0.1) is 10.5 Å². The molecule has 0 bridgehead atoms. The molecule has 0 aliphatic rings. The highest BCUT2D eigenvalue weighted by Gasteiger charge is 2.15. The third-order valence-corrected chi connectivity index (χ3v) is 4.40. The summed E-state index contributed by atoms with van der Waals surface area (Å²) < 4.78 is 29.8. The molecule has 3 rings (SSSR count). The molecule has 3 aromatic rings. The summed E-state index contributed by atoms with van der Waals surface area (Å²) in [6, 6.07) is 7.53. The number of nitrogens with one attached hydrogen (secondary N) is 1. The first-order valence-corrected chi connectivity index (χ1v) is 7.11. The first kappa shape index (κ1) is 13.7. The summed E-state index contributed by atoms with van der Waals surface area (Å²) in [5.74, 6) is -1.87. The smallest absolute Gasteiger partial charge is 0.184 e. The highest BCUT2D eigenvalue weighted by Crippen LogP contribution is 2.28. The topological polar surface area (TPSA) is 20.7 Å². The van der Waals surface area contributed by atoms with Gasteiger partial charge < -0.3 is 4.98 Å². The van der Waals surface area contributed by atoms with Crippen LogP contribution in [0.3, 0.4) is 0 Å². The molecule has 102 valence electrons. The van der Waals surface area contributed by atoms with Gasteiger partial charge in [0.1, 0.15) is 5.52 Å². The number of fused-ring (bicyclic) bond motifs is 1. The molecule has 2 aromatic carbocycles. The quantitative estimate of drug-likeness (QED) is 0.566. The van der Waals surface area contributed by atoms with E-state index in [9.17, 15) is 8.78 Å². The van der Waals surface area contributed by atoms with E-state index in [0.29, 0.717) is 20.7 Å². The van der Waals surface area contributed by atoms with Crippen LogP contribution in [-0.2, 0) is 0 Å². The Balaban J connectivity index is 2.41. The van der Waals surface area contributed by atoms with Crippen LogP contribution in [0.1, 0.15) is 0 Å². The molecule has 0 fully saturated rings. The van der Waals surface area contributed by atoms with Crippen molar-refractivity contribution >= 4 is 50.8 Å². The van der Waals surface area contributed by atoms with Gasteiger partial charge in [-0.15, -0.1) is 0 Å². The zero-order valence-electron chi connectivity index (χ0n) is 9.75. The zero-order valence-corrected chi connectivity index (χ0v) is 12.9. The lowest BCUT2D eigenvalue weighted by Gasteiger charge is -2.07. The molecular formula is C13H6BrClF2N2S. The normalized spacial score (nSPS) is 11.2. The monoisotopic (exact) mass is 374 g/mol. The molecule has 1 aromatic heterocycles. The largest absolute Gasteiger partial charge is 0.330 e. The van der Waals surface area contributed by atoms with Gasteiger partial charge in [0, 0.05) is 10.2 Å². The molecule has 7 heteroatoms. The minimum atomic E-state index is -0.944. The maximum absolute atomic E-state index is 14.0. The van der Waals surface area contributed by atoms with Gasteiger partial charge in [-0.2, -0.15) is 0 Å². The fourth-order valence-corrected chi connectivity index (χ4v) is 2.79. The average Bonchev–Trinajstić information content (AvgIpc) is 2.74. The van der Waals surface area contributed by atoms with Gasteiger partial charge in [-0.05, 0) is 58.5 Å². The van der Waals surface area contributed by atoms with E-state index in [1.807, 2.05) is 0 Å². The molecule has 0 radical (unpaired) electrons. The fraction of sp³-hybridized carbons (Fsp3) is 0. The van der Waals surface area contributed by atoms with Crippen molar-refractivity contribution in [1.82, 2.24) is 9.55 Å². The number of hydrogen-bond acceptors (Lipinski definition) is 1. The van der Waals surface area contributed by atoms with Crippen LogP contribution in [-0.4, -0.2) is 9.55 Å². The van der Waals surface area contributed by atoms with Crippen LogP contribution in [0.25, 0.3) is 16.7 Å². The Bertz CT molecular complexity index is 888. The maximum Gasteiger partial charge on any atom is 0.184 e. The van der Waals surface area contributed by atoms with Crippen molar-refractivity contribution in [3.05, 3.63) is 56.2 Å². The molecule has 0 aliphatic heterocycles. The van der Waals surface area contributed by atoms with E-state index < -0.39 is 11.6 Å². The molecule has 0 saturated carbocycles. The van der Waals surface area contributed by atoms with Gasteiger partial charge >= 0.3 is 0 Å². The molecule has 0 unspecified atom stereocenters. The third-order valence-electron chi connectivity index (χ3n) is 2.90. The number of H-pyrrole nitrogens is 1. The minimum absolute atomic E-state index is 0.0734. The van der Waals surface area contributed by atoms with Crippen LogP contribution in [0, 0.1) is 16.4 Å². The first-order valence-electron chi connectivity index (χ1n) is 5.53. The Hall–Kier alpha value is -1.24. The Morgan fingerprint density at radius 1 is 1.20 bits per heavy atom. The van der Waals surface area contributed by atoms with E-state index in [2.05, 4.69) is 20.9 Å². The van der Waals surface area contributed by atoms with Crippen LogP contribution in [0.4, 0.5) is 8.78 Å². The molecular weight excluding hydrogens is 370 g/mol. The standard InChI is InChI=1S/C13H6BrClF2N2S/c14-7-5-6(1-2-8(7)15)19-12-10(18-13(19)20)4-3-9(16)11(12)17/h1-5H,(H,18,20).